The summed E-state index contributed by atoms with van der Waals surface area (Å²) >= 11 is 0. The lowest BCUT2D eigenvalue weighted by Crippen LogP contribution is -2.33. The minimum Gasteiger partial charge on any atom is -0.386 e. The Labute approximate surface area is 156 Å². The van der Waals surface area contributed by atoms with Crippen LogP contribution in [0.4, 0.5) is 10.2 Å². The highest BCUT2D eigenvalue weighted by molar-refractivity contribution is 5.86. The first-order chi connectivity index (χ1) is 13.0. The van der Waals surface area contributed by atoms with E-state index in [2.05, 4.69) is 21.9 Å². The zero-order chi connectivity index (χ0) is 19.0. The van der Waals surface area contributed by atoms with Gasteiger partial charge >= 0.3 is 0 Å². The van der Waals surface area contributed by atoms with Crippen molar-refractivity contribution in [3.8, 4) is 11.4 Å². The Bertz CT molecular complexity index is 1020. The molecule has 1 saturated carbocycles. The van der Waals surface area contributed by atoms with E-state index in [1.807, 2.05) is 10.6 Å². The molecule has 1 aromatic carbocycles. The maximum absolute atomic E-state index is 13.7. The van der Waals surface area contributed by atoms with Gasteiger partial charge in [0.1, 0.15) is 11.6 Å². The van der Waals surface area contributed by atoms with Crippen LogP contribution in [0.15, 0.2) is 30.3 Å². The molecule has 0 bridgehead atoms. The Morgan fingerprint density at radius 1 is 1.30 bits per heavy atom. The van der Waals surface area contributed by atoms with Crippen LogP contribution in [0.5, 0.6) is 0 Å². The van der Waals surface area contributed by atoms with E-state index >= 15 is 0 Å². The van der Waals surface area contributed by atoms with Crippen molar-refractivity contribution in [2.45, 2.75) is 44.8 Å². The Kier molecular flexibility index (Phi) is 4.39. The van der Waals surface area contributed by atoms with Gasteiger partial charge in [0.05, 0.1) is 5.60 Å². The number of benzene rings is 1. The fourth-order valence-electron chi connectivity index (χ4n) is 3.33. The fourth-order valence-corrected chi connectivity index (χ4v) is 3.33. The molecule has 0 unspecified atom stereocenters. The molecule has 0 aliphatic heterocycles. The molecule has 6 nitrogen and oxygen atoms in total. The van der Waals surface area contributed by atoms with Gasteiger partial charge in [0.15, 0.2) is 22.8 Å². The van der Waals surface area contributed by atoms with Gasteiger partial charge in [0.2, 0.25) is 0 Å². The van der Waals surface area contributed by atoms with E-state index in [9.17, 15) is 9.50 Å². The maximum Gasteiger partial charge on any atom is 0.166 e. The monoisotopic (exact) mass is 367 g/mol. The third-order valence-corrected chi connectivity index (χ3v) is 4.93. The van der Waals surface area contributed by atoms with Gasteiger partial charge in [-0.3, -0.25) is 0 Å². The van der Waals surface area contributed by atoms with Crippen LogP contribution in [0.25, 0.3) is 28.6 Å². The number of hydrogen-bond donors (Lipinski definition) is 2. The summed E-state index contributed by atoms with van der Waals surface area (Å²) in [7, 11) is 0. The van der Waals surface area contributed by atoms with Gasteiger partial charge in [-0.2, -0.15) is 0 Å². The van der Waals surface area contributed by atoms with Crippen LogP contribution >= 0.6 is 0 Å². The minimum absolute atomic E-state index is 0.271. The van der Waals surface area contributed by atoms with Crippen LogP contribution in [-0.2, 0) is 6.54 Å². The van der Waals surface area contributed by atoms with E-state index in [0.29, 0.717) is 34.9 Å². The summed E-state index contributed by atoms with van der Waals surface area (Å²) in [5, 5.41) is 10.2. The van der Waals surface area contributed by atoms with E-state index in [4.69, 9.17) is 5.73 Å². The SMILES string of the molecule is CCCn1c(-c2cccc(F)c2)nc2c(N)nc(C=CC3(O)CCC3)nc21. The van der Waals surface area contributed by atoms with Crippen LogP contribution < -0.4 is 5.73 Å². The summed E-state index contributed by atoms with van der Waals surface area (Å²) in [6, 6.07) is 6.32. The van der Waals surface area contributed by atoms with Gasteiger partial charge in [-0.1, -0.05) is 19.1 Å². The van der Waals surface area contributed by atoms with Gasteiger partial charge in [-0.05, 0) is 50.0 Å². The highest BCUT2D eigenvalue weighted by Gasteiger charge is 2.31. The predicted octanol–water partition coefficient (Wildman–Crippen LogP) is 3.55. The highest BCUT2D eigenvalue weighted by atomic mass is 19.1. The van der Waals surface area contributed by atoms with Crippen molar-refractivity contribution in [1.82, 2.24) is 19.5 Å². The Morgan fingerprint density at radius 3 is 2.78 bits per heavy atom. The van der Waals surface area contributed by atoms with E-state index in [0.717, 1.165) is 25.7 Å². The van der Waals surface area contributed by atoms with Gasteiger partial charge < -0.3 is 15.4 Å². The largest absolute Gasteiger partial charge is 0.386 e. The van der Waals surface area contributed by atoms with Crippen LogP contribution in [0, 0.1) is 5.82 Å². The van der Waals surface area contributed by atoms with Crippen LogP contribution in [0.1, 0.15) is 38.4 Å². The molecule has 3 N–H and O–H groups in total. The highest BCUT2D eigenvalue weighted by Crippen LogP contribution is 2.33. The second-order valence-corrected chi connectivity index (χ2v) is 7.03. The lowest BCUT2D eigenvalue weighted by Gasteiger charge is -2.33. The molecule has 4 rings (SSSR count). The molecule has 3 aromatic rings. The molecule has 2 heterocycles. The third kappa shape index (κ3) is 3.30. The lowest BCUT2D eigenvalue weighted by atomic mass is 9.80. The van der Waals surface area contributed by atoms with Crippen molar-refractivity contribution in [2.24, 2.45) is 0 Å². The number of halogens is 1. The number of rotatable bonds is 5. The van der Waals surface area contributed by atoms with E-state index in [1.165, 1.54) is 12.1 Å². The number of fused-ring (bicyclic) bond motifs is 1. The number of anilines is 1. The minimum atomic E-state index is -0.760. The Hall–Kier alpha value is -2.80. The number of aromatic nitrogens is 4. The van der Waals surface area contributed by atoms with Gasteiger partial charge in [-0.25, -0.2) is 19.3 Å². The van der Waals surface area contributed by atoms with Crippen LogP contribution in [0.2, 0.25) is 0 Å². The number of hydrogen-bond acceptors (Lipinski definition) is 5. The van der Waals surface area contributed by atoms with E-state index in [1.54, 1.807) is 18.2 Å². The third-order valence-electron chi connectivity index (χ3n) is 4.93. The fraction of sp³-hybridized carbons (Fsp3) is 0.350. The average Bonchev–Trinajstić information content (AvgIpc) is 2.98. The van der Waals surface area contributed by atoms with Crippen molar-refractivity contribution >= 4 is 23.1 Å². The predicted molar refractivity (Wildman–Crippen MR) is 103 cm³/mol. The zero-order valence-corrected chi connectivity index (χ0v) is 15.2. The molecule has 0 spiro atoms. The molecule has 1 aliphatic carbocycles. The number of nitrogens with zero attached hydrogens (tertiary/aromatic N) is 4. The number of aryl methyl sites for hydroxylation is 1. The normalized spacial score (nSPS) is 16.1. The Morgan fingerprint density at radius 2 is 2.11 bits per heavy atom. The molecule has 140 valence electrons. The van der Waals surface area contributed by atoms with Gasteiger partial charge in [0.25, 0.3) is 0 Å². The first-order valence-corrected chi connectivity index (χ1v) is 9.20. The maximum atomic E-state index is 13.7. The molecule has 1 fully saturated rings. The average molecular weight is 367 g/mol. The van der Waals surface area contributed by atoms with E-state index in [-0.39, 0.29) is 11.6 Å². The number of nitrogens with two attached hydrogens (primary N) is 1. The molecule has 7 heteroatoms. The van der Waals surface area contributed by atoms with Crippen molar-refractivity contribution in [2.75, 3.05) is 5.73 Å². The molecular formula is C20H22FN5O. The second kappa shape index (κ2) is 6.74. The molecular weight excluding hydrogens is 345 g/mol. The van der Waals surface area contributed by atoms with Crippen molar-refractivity contribution in [3.63, 3.8) is 0 Å². The summed E-state index contributed by atoms with van der Waals surface area (Å²) in [6.07, 6.45) is 6.83. The molecule has 2 aromatic heterocycles. The summed E-state index contributed by atoms with van der Waals surface area (Å²) in [5.74, 6) is 1.00. The zero-order valence-electron chi connectivity index (χ0n) is 15.2. The van der Waals surface area contributed by atoms with Gasteiger partial charge in [0, 0.05) is 12.1 Å². The number of imidazole rings is 1. The first-order valence-electron chi connectivity index (χ1n) is 9.20. The molecule has 0 atom stereocenters. The smallest absolute Gasteiger partial charge is 0.166 e. The summed E-state index contributed by atoms with van der Waals surface area (Å²) in [6.45, 7) is 2.73. The second-order valence-electron chi connectivity index (χ2n) is 7.03. The van der Waals surface area contributed by atoms with Crippen molar-refractivity contribution in [1.29, 1.82) is 0 Å². The molecule has 1 aliphatic rings. The quantitative estimate of drug-likeness (QED) is 0.720. The topological polar surface area (TPSA) is 89.9 Å². The van der Waals surface area contributed by atoms with Crippen molar-refractivity contribution < 1.29 is 9.50 Å². The number of aliphatic hydroxyl groups is 1. The Balaban J connectivity index is 1.84. The van der Waals surface area contributed by atoms with Crippen LogP contribution in [-0.4, -0.2) is 30.2 Å². The molecule has 27 heavy (non-hydrogen) atoms. The van der Waals surface area contributed by atoms with Crippen molar-refractivity contribution in [3.05, 3.63) is 42.0 Å². The van der Waals surface area contributed by atoms with Crippen LogP contribution in [0.3, 0.4) is 0 Å². The first kappa shape index (κ1) is 17.6. The lowest BCUT2D eigenvalue weighted by molar-refractivity contribution is 0.0150. The summed E-state index contributed by atoms with van der Waals surface area (Å²) in [5.41, 5.74) is 7.16. The van der Waals surface area contributed by atoms with Gasteiger partial charge in [-0.15, -0.1) is 0 Å². The standard InChI is InChI=1S/C20H22FN5O/c1-2-11-26-18(13-5-3-6-14(21)12-13)25-16-17(22)23-15(24-19(16)26)7-10-20(27)8-4-9-20/h3,5-7,10,12,27H,2,4,8-9,11H2,1H3,(H2,22,23,24). The summed E-state index contributed by atoms with van der Waals surface area (Å²) < 4.78 is 15.6. The molecule has 0 radical (unpaired) electrons. The molecule has 0 saturated heterocycles. The number of nitrogen functional groups attached to an aromatic ring is 1. The summed E-state index contributed by atoms with van der Waals surface area (Å²) in [4.78, 5) is 13.5. The van der Waals surface area contributed by atoms with E-state index < -0.39 is 5.60 Å². The molecule has 0 amide bonds.